The molecule has 2 atom stereocenters. The van der Waals surface area contributed by atoms with Gasteiger partial charge < -0.3 is 9.64 Å². The van der Waals surface area contributed by atoms with Crippen LogP contribution in [0.4, 0.5) is 4.79 Å². The first-order chi connectivity index (χ1) is 8.34. The molecule has 1 spiro atoms. The van der Waals surface area contributed by atoms with Crippen molar-refractivity contribution in [3.05, 3.63) is 0 Å². The van der Waals surface area contributed by atoms with Crippen LogP contribution in [-0.2, 0) is 4.74 Å². The fourth-order valence-corrected chi connectivity index (χ4v) is 3.11. The lowest BCUT2D eigenvalue weighted by Crippen LogP contribution is -2.36. The van der Waals surface area contributed by atoms with E-state index in [4.69, 9.17) is 10.00 Å². The van der Waals surface area contributed by atoms with Crippen molar-refractivity contribution in [3.8, 4) is 6.07 Å². The van der Waals surface area contributed by atoms with Crippen LogP contribution in [0.5, 0.6) is 0 Å². The normalized spacial score (nSPS) is 31.7. The van der Waals surface area contributed by atoms with Gasteiger partial charge in [-0.15, -0.1) is 0 Å². The fourth-order valence-electron chi connectivity index (χ4n) is 3.11. The van der Waals surface area contributed by atoms with E-state index in [1.807, 2.05) is 25.7 Å². The highest BCUT2D eigenvalue weighted by Gasteiger charge is 2.46. The summed E-state index contributed by atoms with van der Waals surface area (Å²) in [4.78, 5) is 13.8. The van der Waals surface area contributed by atoms with Gasteiger partial charge >= 0.3 is 6.09 Å². The Morgan fingerprint density at radius 3 is 2.72 bits per heavy atom. The summed E-state index contributed by atoms with van der Waals surface area (Å²) in [5, 5.41) is 8.98. The quantitative estimate of drug-likeness (QED) is 0.664. The van der Waals surface area contributed by atoms with E-state index in [-0.39, 0.29) is 17.4 Å². The van der Waals surface area contributed by atoms with E-state index in [0.717, 1.165) is 38.8 Å². The van der Waals surface area contributed by atoms with E-state index in [0.29, 0.717) is 0 Å². The van der Waals surface area contributed by atoms with Crippen molar-refractivity contribution in [2.24, 2.45) is 11.3 Å². The van der Waals surface area contributed by atoms with Crippen LogP contribution < -0.4 is 0 Å². The summed E-state index contributed by atoms with van der Waals surface area (Å²) in [6.45, 7) is 7.20. The molecule has 2 unspecified atom stereocenters. The smallest absolute Gasteiger partial charge is 0.410 e. The second-order valence-corrected chi connectivity index (χ2v) is 6.72. The van der Waals surface area contributed by atoms with Crippen LogP contribution in [-0.4, -0.2) is 29.7 Å². The Kier molecular flexibility index (Phi) is 3.27. The van der Waals surface area contributed by atoms with Gasteiger partial charge in [0.15, 0.2) is 0 Å². The summed E-state index contributed by atoms with van der Waals surface area (Å²) in [6.07, 6.45) is 3.82. The Hall–Kier alpha value is -1.24. The van der Waals surface area contributed by atoms with Crippen molar-refractivity contribution in [1.29, 1.82) is 5.26 Å². The number of amides is 1. The summed E-state index contributed by atoms with van der Waals surface area (Å²) < 4.78 is 5.40. The second-order valence-electron chi connectivity index (χ2n) is 6.72. The minimum Gasteiger partial charge on any atom is -0.444 e. The zero-order valence-electron chi connectivity index (χ0n) is 11.5. The molecule has 1 saturated carbocycles. The standard InChI is InChI=1S/C14H22N2O2/c1-13(2,3)18-12(17)16-7-6-14(10-16)5-4-11(8-14)9-15/h11H,4-8,10H2,1-3H3. The lowest BCUT2D eigenvalue weighted by Gasteiger charge is -2.26. The molecule has 100 valence electrons. The maximum atomic E-state index is 12.0. The van der Waals surface area contributed by atoms with Gasteiger partial charge in [-0.2, -0.15) is 5.26 Å². The lowest BCUT2D eigenvalue weighted by atomic mass is 9.85. The molecule has 0 aromatic rings. The highest BCUT2D eigenvalue weighted by Crippen LogP contribution is 2.48. The predicted molar refractivity (Wildman–Crippen MR) is 67.8 cm³/mol. The van der Waals surface area contributed by atoms with Crippen LogP contribution in [0.15, 0.2) is 0 Å². The van der Waals surface area contributed by atoms with Gasteiger partial charge in [0.25, 0.3) is 0 Å². The lowest BCUT2D eigenvalue weighted by molar-refractivity contribution is 0.0273. The number of ether oxygens (including phenoxy) is 1. The monoisotopic (exact) mass is 250 g/mol. The molecule has 2 fully saturated rings. The minimum atomic E-state index is -0.433. The number of rotatable bonds is 0. The minimum absolute atomic E-state index is 0.184. The van der Waals surface area contributed by atoms with Crippen molar-refractivity contribution in [1.82, 2.24) is 4.90 Å². The molecule has 0 N–H and O–H groups in total. The van der Waals surface area contributed by atoms with E-state index in [1.54, 1.807) is 0 Å². The molecule has 1 saturated heterocycles. The molecule has 1 heterocycles. The topological polar surface area (TPSA) is 53.3 Å². The van der Waals surface area contributed by atoms with Crippen LogP contribution in [0.1, 0.15) is 46.5 Å². The number of hydrogen-bond acceptors (Lipinski definition) is 3. The summed E-state index contributed by atoms with van der Waals surface area (Å²) in [7, 11) is 0. The summed E-state index contributed by atoms with van der Waals surface area (Å²) in [6, 6.07) is 2.36. The maximum Gasteiger partial charge on any atom is 0.410 e. The van der Waals surface area contributed by atoms with Crippen LogP contribution in [0.3, 0.4) is 0 Å². The van der Waals surface area contributed by atoms with Gasteiger partial charge in [-0.3, -0.25) is 0 Å². The van der Waals surface area contributed by atoms with Gasteiger partial charge in [0.1, 0.15) is 5.60 Å². The second kappa shape index (κ2) is 4.46. The number of nitrogens with zero attached hydrogens (tertiary/aromatic N) is 2. The first-order valence-electron chi connectivity index (χ1n) is 6.71. The van der Waals surface area contributed by atoms with Gasteiger partial charge in [-0.05, 0) is 51.9 Å². The first-order valence-corrected chi connectivity index (χ1v) is 6.71. The van der Waals surface area contributed by atoms with Crippen LogP contribution in [0.25, 0.3) is 0 Å². The highest BCUT2D eigenvalue weighted by molar-refractivity contribution is 5.68. The number of nitriles is 1. The maximum absolute atomic E-state index is 12.0. The molecule has 0 aromatic heterocycles. The highest BCUT2D eigenvalue weighted by atomic mass is 16.6. The Morgan fingerprint density at radius 2 is 2.17 bits per heavy atom. The third kappa shape index (κ3) is 2.77. The van der Waals surface area contributed by atoms with Crippen LogP contribution in [0, 0.1) is 22.7 Å². The Labute approximate surface area is 109 Å². The average molecular weight is 250 g/mol. The first kappa shape index (κ1) is 13.2. The molecule has 0 aromatic carbocycles. The molecule has 1 aliphatic carbocycles. The summed E-state index contributed by atoms with van der Waals surface area (Å²) in [5.74, 6) is 0.184. The molecule has 18 heavy (non-hydrogen) atoms. The largest absolute Gasteiger partial charge is 0.444 e. The molecular weight excluding hydrogens is 228 g/mol. The number of hydrogen-bond donors (Lipinski definition) is 0. The van der Waals surface area contributed by atoms with E-state index in [9.17, 15) is 4.79 Å². The van der Waals surface area contributed by atoms with Gasteiger partial charge in [0.2, 0.25) is 0 Å². The van der Waals surface area contributed by atoms with Crippen molar-refractivity contribution in [2.75, 3.05) is 13.1 Å². The Balaban J connectivity index is 1.93. The van der Waals surface area contributed by atoms with E-state index >= 15 is 0 Å². The number of carbonyl (C=O) groups excluding carboxylic acids is 1. The molecule has 0 bridgehead atoms. The van der Waals surface area contributed by atoms with Crippen molar-refractivity contribution in [3.63, 3.8) is 0 Å². The van der Waals surface area contributed by atoms with E-state index in [1.165, 1.54) is 0 Å². The molecule has 0 radical (unpaired) electrons. The number of carbonyl (C=O) groups is 1. The molecule has 2 aliphatic rings. The van der Waals surface area contributed by atoms with Crippen molar-refractivity contribution < 1.29 is 9.53 Å². The molecule has 2 rings (SSSR count). The predicted octanol–water partition coefficient (Wildman–Crippen LogP) is 2.94. The van der Waals surface area contributed by atoms with Crippen LogP contribution in [0.2, 0.25) is 0 Å². The molecule has 4 heteroatoms. The van der Waals surface area contributed by atoms with Crippen molar-refractivity contribution >= 4 is 6.09 Å². The molecular formula is C14H22N2O2. The van der Waals surface area contributed by atoms with E-state index < -0.39 is 5.60 Å². The molecule has 4 nitrogen and oxygen atoms in total. The Bertz CT molecular complexity index is 380. The Morgan fingerprint density at radius 1 is 1.44 bits per heavy atom. The fraction of sp³-hybridized carbons (Fsp3) is 0.857. The summed E-state index contributed by atoms with van der Waals surface area (Å²) >= 11 is 0. The van der Waals surface area contributed by atoms with Crippen LogP contribution >= 0.6 is 0 Å². The third-order valence-electron chi connectivity index (χ3n) is 3.98. The van der Waals surface area contributed by atoms with Gasteiger partial charge in [0, 0.05) is 19.0 Å². The average Bonchev–Trinajstić information content (AvgIpc) is 2.84. The molecule has 1 amide bonds. The molecule has 1 aliphatic heterocycles. The third-order valence-corrected chi connectivity index (χ3v) is 3.98. The van der Waals surface area contributed by atoms with E-state index in [2.05, 4.69) is 6.07 Å². The van der Waals surface area contributed by atoms with Gasteiger partial charge in [0.05, 0.1) is 6.07 Å². The van der Waals surface area contributed by atoms with Crippen molar-refractivity contribution in [2.45, 2.75) is 52.1 Å². The number of likely N-dealkylation sites (tertiary alicyclic amines) is 1. The van der Waals surface area contributed by atoms with Gasteiger partial charge in [-0.25, -0.2) is 4.79 Å². The zero-order valence-corrected chi connectivity index (χ0v) is 11.5. The SMILES string of the molecule is CC(C)(C)OC(=O)N1CCC2(CCC(C#N)C2)C1. The zero-order chi connectivity index (χ0) is 13.4. The summed E-state index contributed by atoms with van der Waals surface area (Å²) in [5.41, 5.74) is -0.241. The van der Waals surface area contributed by atoms with Gasteiger partial charge in [-0.1, -0.05) is 0 Å².